The molecule has 0 unspecified atom stereocenters. The van der Waals surface area contributed by atoms with Crippen LogP contribution in [-0.2, 0) is 4.79 Å². The Kier molecular flexibility index (Phi) is 7.07. The largest absolute Gasteiger partial charge is 0.493 e. The van der Waals surface area contributed by atoms with Crippen LogP contribution in [0.25, 0.3) is 10.1 Å². The molecule has 156 valence electrons. The molecule has 0 aliphatic carbocycles. The fourth-order valence-corrected chi connectivity index (χ4v) is 4.84. The van der Waals surface area contributed by atoms with Gasteiger partial charge in [0.2, 0.25) is 0 Å². The van der Waals surface area contributed by atoms with Gasteiger partial charge in [0.25, 0.3) is 11.8 Å². The molecule has 0 spiro atoms. The first-order chi connectivity index (χ1) is 14.4. The number of nitrogens with one attached hydrogen (secondary N) is 2. The summed E-state index contributed by atoms with van der Waals surface area (Å²) in [5.41, 5.74) is 4.44. The number of carbonyl (C=O) groups is 2. The van der Waals surface area contributed by atoms with Crippen molar-refractivity contribution in [3.8, 4) is 11.5 Å². The number of rotatable bonds is 7. The summed E-state index contributed by atoms with van der Waals surface area (Å²) in [5, 5.41) is 7.81. The Bertz CT molecular complexity index is 1130. The van der Waals surface area contributed by atoms with E-state index in [1.165, 1.54) is 14.2 Å². The first-order valence-corrected chi connectivity index (χ1v) is 10.6. The molecule has 0 atom stereocenters. The van der Waals surface area contributed by atoms with Crippen LogP contribution in [0.5, 0.6) is 11.5 Å². The normalized spacial score (nSPS) is 11.3. The van der Waals surface area contributed by atoms with Gasteiger partial charge in [0.15, 0.2) is 11.5 Å². The molecule has 0 bridgehead atoms. The van der Waals surface area contributed by atoms with E-state index in [0.29, 0.717) is 22.8 Å². The van der Waals surface area contributed by atoms with Crippen molar-refractivity contribution >= 4 is 54.9 Å². The quantitative estimate of drug-likeness (QED) is 0.388. The van der Waals surface area contributed by atoms with Crippen LogP contribution in [0, 0.1) is 0 Å². The number of thiophene rings is 1. The molecule has 0 aliphatic heterocycles. The van der Waals surface area contributed by atoms with Crippen molar-refractivity contribution in [1.82, 2.24) is 10.7 Å². The summed E-state index contributed by atoms with van der Waals surface area (Å²) in [4.78, 5) is 24.4. The summed E-state index contributed by atoms with van der Waals surface area (Å²) in [6.45, 7) is 1.61. The summed E-state index contributed by atoms with van der Waals surface area (Å²) in [5.74, 6) is 0.115. The number of hydrogen-bond acceptors (Lipinski definition) is 6. The van der Waals surface area contributed by atoms with Gasteiger partial charge in [-0.05, 0) is 47.1 Å². The van der Waals surface area contributed by atoms with Crippen molar-refractivity contribution in [3.63, 3.8) is 0 Å². The molecular formula is C21H20BrN3O4S. The fourth-order valence-electron chi connectivity index (χ4n) is 2.83. The average Bonchev–Trinajstić information content (AvgIpc) is 3.10. The average molecular weight is 490 g/mol. The van der Waals surface area contributed by atoms with Gasteiger partial charge in [0.1, 0.15) is 0 Å². The maximum absolute atomic E-state index is 12.3. The third-order valence-electron chi connectivity index (χ3n) is 4.32. The molecule has 0 saturated heterocycles. The second-order valence-electron chi connectivity index (χ2n) is 6.23. The lowest BCUT2D eigenvalue weighted by Crippen LogP contribution is -2.35. The van der Waals surface area contributed by atoms with E-state index in [1.54, 1.807) is 29.5 Å². The highest BCUT2D eigenvalue weighted by molar-refractivity contribution is 9.11. The zero-order valence-corrected chi connectivity index (χ0v) is 19.0. The van der Waals surface area contributed by atoms with E-state index in [2.05, 4.69) is 31.8 Å². The third-order valence-corrected chi connectivity index (χ3v) is 6.16. The minimum Gasteiger partial charge on any atom is -0.493 e. The highest BCUT2D eigenvalue weighted by atomic mass is 79.9. The first-order valence-electron chi connectivity index (χ1n) is 8.95. The lowest BCUT2D eigenvalue weighted by atomic mass is 10.1. The highest BCUT2D eigenvalue weighted by Crippen LogP contribution is 2.35. The van der Waals surface area contributed by atoms with Crippen LogP contribution in [0.2, 0.25) is 0 Å². The van der Waals surface area contributed by atoms with Gasteiger partial charge in [-0.15, -0.1) is 11.3 Å². The highest BCUT2D eigenvalue weighted by Gasteiger charge is 2.14. The van der Waals surface area contributed by atoms with E-state index in [-0.39, 0.29) is 6.54 Å². The zero-order valence-electron chi connectivity index (χ0n) is 16.6. The van der Waals surface area contributed by atoms with Crippen molar-refractivity contribution in [2.75, 3.05) is 20.8 Å². The summed E-state index contributed by atoms with van der Waals surface area (Å²) in [6.07, 6.45) is 0. The Morgan fingerprint density at radius 3 is 2.57 bits per heavy atom. The van der Waals surface area contributed by atoms with Crippen LogP contribution in [0.3, 0.4) is 0 Å². The number of methoxy groups -OCH3 is 2. The van der Waals surface area contributed by atoms with E-state index in [1.807, 2.05) is 31.2 Å². The Balaban J connectivity index is 1.62. The molecule has 0 fully saturated rings. The molecule has 1 heterocycles. The molecule has 2 amide bonds. The Morgan fingerprint density at radius 1 is 1.10 bits per heavy atom. The maximum atomic E-state index is 12.3. The van der Waals surface area contributed by atoms with Gasteiger partial charge in [-0.3, -0.25) is 9.59 Å². The number of halogens is 1. The minimum atomic E-state index is -0.432. The molecule has 2 aromatic carbocycles. The van der Waals surface area contributed by atoms with Crippen molar-refractivity contribution < 1.29 is 19.1 Å². The molecule has 2 N–H and O–H groups in total. The smallest absolute Gasteiger partial charge is 0.259 e. The van der Waals surface area contributed by atoms with E-state index in [4.69, 9.17) is 9.47 Å². The van der Waals surface area contributed by atoms with E-state index in [0.717, 1.165) is 19.4 Å². The number of benzene rings is 2. The van der Waals surface area contributed by atoms with Crippen LogP contribution >= 0.6 is 27.3 Å². The van der Waals surface area contributed by atoms with Gasteiger partial charge in [-0.25, -0.2) is 5.43 Å². The van der Waals surface area contributed by atoms with Gasteiger partial charge < -0.3 is 14.8 Å². The number of hydrazone groups is 1. The van der Waals surface area contributed by atoms with Gasteiger partial charge in [0, 0.05) is 21.2 Å². The van der Waals surface area contributed by atoms with Crippen LogP contribution in [-0.4, -0.2) is 38.3 Å². The van der Waals surface area contributed by atoms with Crippen LogP contribution in [0.1, 0.15) is 22.8 Å². The molecule has 0 radical (unpaired) electrons. The number of ether oxygens (including phenoxy) is 2. The number of carbonyl (C=O) groups excluding carboxylic acids is 2. The molecule has 3 aromatic rings. The second-order valence-corrected chi connectivity index (χ2v) is 8.60. The van der Waals surface area contributed by atoms with E-state index in [9.17, 15) is 9.59 Å². The topological polar surface area (TPSA) is 89.0 Å². The predicted molar refractivity (Wildman–Crippen MR) is 122 cm³/mol. The molecule has 0 aliphatic rings. The molecule has 0 saturated carbocycles. The number of hydrogen-bond donors (Lipinski definition) is 2. The summed E-state index contributed by atoms with van der Waals surface area (Å²) < 4.78 is 12.4. The molecular weight excluding hydrogens is 470 g/mol. The van der Waals surface area contributed by atoms with E-state index >= 15 is 0 Å². The number of amides is 2. The molecule has 7 nitrogen and oxygen atoms in total. The van der Waals surface area contributed by atoms with Gasteiger partial charge in [0.05, 0.1) is 30.3 Å². The van der Waals surface area contributed by atoms with Gasteiger partial charge >= 0.3 is 0 Å². The summed E-state index contributed by atoms with van der Waals surface area (Å²) in [6, 6.07) is 12.7. The Morgan fingerprint density at radius 2 is 1.83 bits per heavy atom. The standard InChI is InChI=1S/C21H20BrN3O4S/c1-12(19-14-6-4-5-7-17(14)30-20(19)22)24-25-18(26)11-23-21(27)13-8-9-15(28-2)16(10-13)29-3/h4-10H,11H2,1-3H3,(H,23,27)(H,25,26). The van der Waals surface area contributed by atoms with Crippen LogP contribution in [0.4, 0.5) is 0 Å². The molecule has 9 heteroatoms. The van der Waals surface area contributed by atoms with Crippen LogP contribution < -0.4 is 20.2 Å². The summed E-state index contributed by atoms with van der Waals surface area (Å²) in [7, 11) is 3.00. The minimum absolute atomic E-state index is 0.213. The van der Waals surface area contributed by atoms with Gasteiger partial charge in [-0.2, -0.15) is 5.10 Å². The second kappa shape index (κ2) is 9.73. The molecule has 30 heavy (non-hydrogen) atoms. The maximum Gasteiger partial charge on any atom is 0.259 e. The SMILES string of the molecule is COc1ccc(C(=O)NCC(=O)NN=C(C)c2c(Br)sc3ccccc23)cc1OC. The Labute approximate surface area is 186 Å². The molecule has 1 aromatic heterocycles. The number of fused-ring (bicyclic) bond motifs is 1. The van der Waals surface area contributed by atoms with Crippen LogP contribution in [0.15, 0.2) is 51.4 Å². The fraction of sp³-hybridized carbons (Fsp3) is 0.190. The zero-order chi connectivity index (χ0) is 21.7. The van der Waals surface area contributed by atoms with Crippen molar-refractivity contribution in [2.24, 2.45) is 5.10 Å². The molecule has 3 rings (SSSR count). The lowest BCUT2D eigenvalue weighted by Gasteiger charge is -2.10. The van der Waals surface area contributed by atoms with Gasteiger partial charge in [-0.1, -0.05) is 18.2 Å². The third kappa shape index (κ3) is 4.80. The predicted octanol–water partition coefficient (Wildman–Crippen LogP) is 3.95. The first kappa shape index (κ1) is 21.8. The monoisotopic (exact) mass is 489 g/mol. The van der Waals surface area contributed by atoms with E-state index < -0.39 is 11.8 Å². The summed E-state index contributed by atoms with van der Waals surface area (Å²) >= 11 is 5.17. The van der Waals surface area contributed by atoms with Crippen molar-refractivity contribution in [1.29, 1.82) is 0 Å². The van der Waals surface area contributed by atoms with Crippen molar-refractivity contribution in [3.05, 3.63) is 57.4 Å². The lowest BCUT2D eigenvalue weighted by molar-refractivity contribution is -0.120. The van der Waals surface area contributed by atoms with Crippen molar-refractivity contribution in [2.45, 2.75) is 6.92 Å². The Hall–Kier alpha value is -2.91. The number of nitrogens with zero attached hydrogens (tertiary/aromatic N) is 1.